The number of cyclic esters (lactones) is 1. The van der Waals surface area contributed by atoms with E-state index in [2.05, 4.69) is 15.3 Å². The van der Waals surface area contributed by atoms with Crippen LogP contribution in [0.5, 0.6) is 5.88 Å². The van der Waals surface area contributed by atoms with Crippen LogP contribution in [0.15, 0.2) is 30.6 Å². The molecule has 0 spiro atoms. The van der Waals surface area contributed by atoms with Crippen LogP contribution in [0.2, 0.25) is 0 Å². The summed E-state index contributed by atoms with van der Waals surface area (Å²) in [6.07, 6.45) is 4.79. The number of rotatable bonds is 8. The molecule has 2 atom stereocenters. The molecule has 0 aliphatic carbocycles. The molecule has 4 heterocycles. The van der Waals surface area contributed by atoms with Crippen molar-refractivity contribution in [3.8, 4) is 5.88 Å². The number of anilines is 2. The van der Waals surface area contributed by atoms with Crippen molar-refractivity contribution in [1.82, 2.24) is 15.0 Å². The number of esters is 1. The van der Waals surface area contributed by atoms with Gasteiger partial charge in [-0.2, -0.15) is 4.89 Å². The number of fused-ring (bicyclic) bond motifs is 2. The highest BCUT2D eigenvalue weighted by molar-refractivity contribution is 7.90. The third-order valence-electron chi connectivity index (χ3n) is 6.69. The van der Waals surface area contributed by atoms with Gasteiger partial charge < -0.3 is 20.7 Å². The summed E-state index contributed by atoms with van der Waals surface area (Å²) in [5.74, 6) is -0.0785. The third-order valence-corrected chi connectivity index (χ3v) is 7.22. The standard InChI is InChI=1S/C25H31N5O6S/c1-7-25(5,26)18-12-28-22(36-34-13-37(6,32)33)17-11-27-20(10-16(17)18)29-19-9-8-15-21(30-19)14(2)24(3,4)35-23(15)31/h8-12,14H,7,13,26H2,1-6H3,(H,27,29,30)/t14-,25-/m1/s1. The Morgan fingerprint density at radius 3 is 2.59 bits per heavy atom. The van der Waals surface area contributed by atoms with Crippen molar-refractivity contribution in [2.75, 3.05) is 17.5 Å². The molecule has 0 radical (unpaired) electrons. The minimum Gasteiger partial charge on any atom is -0.455 e. The molecule has 37 heavy (non-hydrogen) atoms. The fourth-order valence-electron chi connectivity index (χ4n) is 3.95. The predicted molar refractivity (Wildman–Crippen MR) is 138 cm³/mol. The number of aromatic nitrogens is 3. The average molecular weight is 530 g/mol. The normalized spacial score (nSPS) is 18.6. The van der Waals surface area contributed by atoms with Gasteiger partial charge in [-0.1, -0.05) is 13.8 Å². The van der Waals surface area contributed by atoms with Gasteiger partial charge >= 0.3 is 5.97 Å². The van der Waals surface area contributed by atoms with Crippen LogP contribution in [0.1, 0.15) is 68.6 Å². The first kappa shape index (κ1) is 26.7. The van der Waals surface area contributed by atoms with Gasteiger partial charge in [0.1, 0.15) is 17.2 Å². The highest BCUT2D eigenvalue weighted by Gasteiger charge is 2.40. The van der Waals surface area contributed by atoms with Gasteiger partial charge in [-0.05, 0) is 56.3 Å². The molecule has 11 nitrogen and oxygen atoms in total. The van der Waals surface area contributed by atoms with Gasteiger partial charge in [0.2, 0.25) is 0 Å². The number of hydrogen-bond acceptors (Lipinski definition) is 11. The van der Waals surface area contributed by atoms with E-state index in [1.807, 2.05) is 34.6 Å². The second-order valence-corrected chi connectivity index (χ2v) is 12.2. The van der Waals surface area contributed by atoms with Crippen LogP contribution in [0.25, 0.3) is 10.8 Å². The molecule has 1 aliphatic heterocycles. The van der Waals surface area contributed by atoms with Crippen molar-refractivity contribution in [3.05, 3.63) is 47.4 Å². The molecule has 0 aromatic carbocycles. The van der Waals surface area contributed by atoms with Crippen molar-refractivity contribution >= 4 is 38.2 Å². The Morgan fingerprint density at radius 1 is 1.19 bits per heavy atom. The van der Waals surface area contributed by atoms with E-state index in [0.29, 0.717) is 40.1 Å². The molecule has 0 fully saturated rings. The van der Waals surface area contributed by atoms with Gasteiger partial charge in [-0.3, -0.25) is 0 Å². The Balaban J connectivity index is 1.72. The number of pyridine rings is 3. The van der Waals surface area contributed by atoms with E-state index in [4.69, 9.17) is 25.2 Å². The van der Waals surface area contributed by atoms with E-state index in [-0.39, 0.29) is 11.8 Å². The summed E-state index contributed by atoms with van der Waals surface area (Å²) < 4.78 is 28.3. The molecule has 1 aliphatic rings. The number of carbonyl (C=O) groups is 1. The zero-order valence-corrected chi connectivity index (χ0v) is 22.5. The summed E-state index contributed by atoms with van der Waals surface area (Å²) in [6.45, 7) is 9.55. The fraction of sp³-hybridized carbons (Fsp3) is 0.440. The van der Waals surface area contributed by atoms with E-state index in [0.717, 1.165) is 11.8 Å². The van der Waals surface area contributed by atoms with Crippen molar-refractivity contribution in [2.45, 2.75) is 58.1 Å². The molecule has 0 unspecified atom stereocenters. The molecule has 0 bridgehead atoms. The zero-order valence-electron chi connectivity index (χ0n) is 21.7. The molecule has 0 saturated carbocycles. The molecule has 3 aromatic rings. The van der Waals surface area contributed by atoms with E-state index >= 15 is 0 Å². The second-order valence-electron chi connectivity index (χ2n) is 10.1. The monoisotopic (exact) mass is 529 g/mol. The maximum Gasteiger partial charge on any atom is 0.340 e. The lowest BCUT2D eigenvalue weighted by molar-refractivity contribution is -0.189. The van der Waals surface area contributed by atoms with E-state index in [1.165, 1.54) is 0 Å². The highest BCUT2D eigenvalue weighted by Crippen LogP contribution is 2.38. The molecule has 4 rings (SSSR count). The van der Waals surface area contributed by atoms with Crippen LogP contribution in [-0.2, 0) is 25.0 Å². The number of hydrogen-bond donors (Lipinski definition) is 2. The SMILES string of the molecule is CC[C@@](C)(N)c1cnc(OOCS(C)(=O)=O)c2cnc(Nc3ccc4c(n3)[C@@H](C)C(C)(C)OC4=O)cc12. The molecule has 198 valence electrons. The first-order valence-electron chi connectivity index (χ1n) is 11.8. The summed E-state index contributed by atoms with van der Waals surface area (Å²) >= 11 is 0. The van der Waals surface area contributed by atoms with Crippen LogP contribution in [0, 0.1) is 0 Å². The summed E-state index contributed by atoms with van der Waals surface area (Å²) in [4.78, 5) is 36.0. The summed E-state index contributed by atoms with van der Waals surface area (Å²) in [6, 6.07) is 5.17. The first-order chi connectivity index (χ1) is 17.2. The lowest BCUT2D eigenvalue weighted by Gasteiger charge is -2.36. The molecule has 0 saturated heterocycles. The van der Waals surface area contributed by atoms with Gasteiger partial charge in [0, 0.05) is 30.1 Å². The number of carbonyl (C=O) groups excluding carboxylic acids is 1. The highest BCUT2D eigenvalue weighted by atomic mass is 32.2. The van der Waals surface area contributed by atoms with Crippen LogP contribution in [0.3, 0.4) is 0 Å². The molecular weight excluding hydrogens is 498 g/mol. The van der Waals surface area contributed by atoms with Crippen molar-refractivity contribution < 1.29 is 27.7 Å². The fourth-order valence-corrected chi connectivity index (χ4v) is 4.17. The Labute approximate surface area is 215 Å². The van der Waals surface area contributed by atoms with Crippen LogP contribution < -0.4 is 15.9 Å². The number of ether oxygens (including phenoxy) is 1. The number of nitrogens with two attached hydrogens (primary N) is 1. The second kappa shape index (κ2) is 9.51. The number of nitrogens with zero attached hydrogens (tertiary/aromatic N) is 3. The number of sulfone groups is 1. The quantitative estimate of drug-likeness (QED) is 0.249. The van der Waals surface area contributed by atoms with E-state index < -0.39 is 32.9 Å². The largest absolute Gasteiger partial charge is 0.455 e. The van der Waals surface area contributed by atoms with E-state index in [9.17, 15) is 13.2 Å². The lowest BCUT2D eigenvalue weighted by atomic mass is 9.84. The molecular formula is C25H31N5O6S. The molecule has 12 heteroatoms. The Kier molecular flexibility index (Phi) is 6.86. The van der Waals surface area contributed by atoms with Crippen molar-refractivity contribution in [1.29, 1.82) is 0 Å². The first-order valence-corrected chi connectivity index (χ1v) is 13.8. The minimum atomic E-state index is -3.40. The number of nitrogens with one attached hydrogen (secondary N) is 1. The Hall–Kier alpha value is -3.35. The average Bonchev–Trinajstić information content (AvgIpc) is 2.81. The van der Waals surface area contributed by atoms with Crippen molar-refractivity contribution in [2.24, 2.45) is 5.73 Å². The Morgan fingerprint density at radius 2 is 1.92 bits per heavy atom. The smallest absolute Gasteiger partial charge is 0.340 e. The molecule has 3 aromatic heterocycles. The van der Waals surface area contributed by atoms with Gasteiger partial charge in [-0.15, -0.1) is 0 Å². The third kappa shape index (κ3) is 5.50. The summed E-state index contributed by atoms with van der Waals surface area (Å²) in [5.41, 5.74) is 7.01. The van der Waals surface area contributed by atoms with Crippen molar-refractivity contribution in [3.63, 3.8) is 0 Å². The predicted octanol–water partition coefficient (Wildman–Crippen LogP) is 3.72. The maximum absolute atomic E-state index is 12.4. The zero-order chi connectivity index (χ0) is 27.2. The molecule has 0 amide bonds. The maximum atomic E-state index is 12.4. The Bertz CT molecular complexity index is 1470. The summed E-state index contributed by atoms with van der Waals surface area (Å²) in [7, 11) is -3.40. The lowest BCUT2D eigenvalue weighted by Crippen LogP contribution is -2.39. The summed E-state index contributed by atoms with van der Waals surface area (Å²) in [5, 5.41) is 4.40. The van der Waals surface area contributed by atoms with Crippen LogP contribution >= 0.6 is 0 Å². The molecule has 3 N–H and O–H groups in total. The van der Waals surface area contributed by atoms with Gasteiger partial charge in [0.25, 0.3) is 5.88 Å². The topological polar surface area (TPSA) is 156 Å². The van der Waals surface area contributed by atoms with Gasteiger partial charge in [-0.25, -0.2) is 28.2 Å². The van der Waals surface area contributed by atoms with E-state index in [1.54, 1.807) is 30.6 Å². The van der Waals surface area contributed by atoms with Crippen LogP contribution in [-0.4, -0.2) is 47.1 Å². The minimum absolute atomic E-state index is 0.0647. The van der Waals surface area contributed by atoms with Gasteiger partial charge in [0.15, 0.2) is 15.8 Å². The van der Waals surface area contributed by atoms with Gasteiger partial charge in [0.05, 0.1) is 16.6 Å². The van der Waals surface area contributed by atoms with Crippen LogP contribution in [0.4, 0.5) is 11.6 Å².